The molecule has 2 N–H and O–H groups in total. The molecule has 1 rings (SSSR count). The van der Waals surface area contributed by atoms with Crippen molar-refractivity contribution in [1.29, 1.82) is 0 Å². The first-order valence-electron chi connectivity index (χ1n) is 4.04. The lowest BCUT2D eigenvalue weighted by Gasteiger charge is -2.07. The van der Waals surface area contributed by atoms with E-state index < -0.39 is 24.5 Å². The second-order valence-electron chi connectivity index (χ2n) is 3.05. The Bertz CT molecular complexity index is 248. The van der Waals surface area contributed by atoms with Crippen LogP contribution in [0.2, 0.25) is 0 Å². The highest BCUT2D eigenvalue weighted by atomic mass is 19.4. The average Bonchev–Trinajstić information content (AvgIpc) is 2.82. The van der Waals surface area contributed by atoms with Crippen LogP contribution in [0.5, 0.6) is 0 Å². The van der Waals surface area contributed by atoms with Crippen LogP contribution < -0.4 is 10.6 Å². The van der Waals surface area contributed by atoms with Crippen molar-refractivity contribution >= 4 is 11.8 Å². The minimum Gasteiger partial charge on any atom is -0.345 e. The zero-order chi connectivity index (χ0) is 10.8. The number of amides is 2. The van der Waals surface area contributed by atoms with E-state index in [0.717, 1.165) is 12.8 Å². The van der Waals surface area contributed by atoms with Crippen molar-refractivity contribution in [3.8, 4) is 0 Å². The summed E-state index contributed by atoms with van der Waals surface area (Å²) in [7, 11) is 0. The molecule has 0 bridgehead atoms. The Morgan fingerprint density at radius 3 is 2.21 bits per heavy atom. The Kier molecular flexibility index (Phi) is 2.97. The fourth-order valence-electron chi connectivity index (χ4n) is 0.739. The monoisotopic (exact) mass is 210 g/mol. The van der Waals surface area contributed by atoms with Gasteiger partial charge in [0, 0.05) is 6.04 Å². The zero-order valence-electron chi connectivity index (χ0n) is 7.15. The summed E-state index contributed by atoms with van der Waals surface area (Å²) in [6.07, 6.45) is -2.94. The maximum absolute atomic E-state index is 11.6. The first-order valence-corrected chi connectivity index (χ1v) is 4.04. The van der Waals surface area contributed by atoms with Gasteiger partial charge in [0.15, 0.2) is 0 Å². The topological polar surface area (TPSA) is 58.2 Å². The molecule has 0 atom stereocenters. The van der Waals surface area contributed by atoms with Gasteiger partial charge in [0.05, 0.1) is 0 Å². The molecule has 14 heavy (non-hydrogen) atoms. The Morgan fingerprint density at radius 2 is 1.79 bits per heavy atom. The Labute approximate surface area is 77.8 Å². The van der Waals surface area contributed by atoms with Gasteiger partial charge in [0.2, 0.25) is 0 Å². The molecule has 0 heterocycles. The van der Waals surface area contributed by atoms with Crippen LogP contribution in [0.1, 0.15) is 12.8 Å². The molecule has 1 aliphatic rings. The Hall–Kier alpha value is -1.27. The summed E-state index contributed by atoms with van der Waals surface area (Å²) in [6, 6.07) is -0.0425. The summed E-state index contributed by atoms with van der Waals surface area (Å²) >= 11 is 0. The number of carbonyl (C=O) groups is 2. The van der Waals surface area contributed by atoms with E-state index in [1.165, 1.54) is 5.32 Å². The van der Waals surface area contributed by atoms with Gasteiger partial charge in [-0.1, -0.05) is 0 Å². The average molecular weight is 210 g/mol. The van der Waals surface area contributed by atoms with Crippen molar-refractivity contribution in [2.75, 3.05) is 6.54 Å². The van der Waals surface area contributed by atoms with Gasteiger partial charge in [-0.15, -0.1) is 0 Å². The van der Waals surface area contributed by atoms with Gasteiger partial charge >= 0.3 is 18.0 Å². The van der Waals surface area contributed by atoms with Crippen LogP contribution in [-0.4, -0.2) is 30.6 Å². The van der Waals surface area contributed by atoms with Gasteiger partial charge in [-0.2, -0.15) is 13.2 Å². The summed E-state index contributed by atoms with van der Waals surface area (Å²) in [5.74, 6) is -2.24. The van der Waals surface area contributed by atoms with Crippen molar-refractivity contribution in [3.05, 3.63) is 0 Å². The smallest absolute Gasteiger partial charge is 0.345 e. The molecule has 2 amide bonds. The number of alkyl halides is 3. The van der Waals surface area contributed by atoms with Crippen LogP contribution >= 0.6 is 0 Å². The standard InChI is InChI=1S/C7H9F3N2O2/c8-7(9,10)3-11-5(13)6(14)12-4-1-2-4/h4H,1-3H2,(H,11,13)(H,12,14). The molecule has 4 nitrogen and oxygen atoms in total. The summed E-state index contributed by atoms with van der Waals surface area (Å²) in [5.41, 5.74) is 0. The van der Waals surface area contributed by atoms with E-state index in [-0.39, 0.29) is 6.04 Å². The fraction of sp³-hybridized carbons (Fsp3) is 0.714. The number of carbonyl (C=O) groups excluding carboxylic acids is 2. The van der Waals surface area contributed by atoms with E-state index >= 15 is 0 Å². The molecule has 1 aliphatic carbocycles. The predicted octanol–water partition coefficient (Wildman–Crippen LogP) is -0.0565. The minimum absolute atomic E-state index is 0.0425. The van der Waals surface area contributed by atoms with Gasteiger partial charge in [-0.25, -0.2) is 0 Å². The highest BCUT2D eigenvalue weighted by Crippen LogP contribution is 2.18. The van der Waals surface area contributed by atoms with Gasteiger partial charge in [0.1, 0.15) is 6.54 Å². The first kappa shape index (κ1) is 10.8. The Morgan fingerprint density at radius 1 is 1.21 bits per heavy atom. The number of rotatable bonds is 2. The zero-order valence-corrected chi connectivity index (χ0v) is 7.15. The lowest BCUT2D eigenvalue weighted by Crippen LogP contribution is -2.44. The van der Waals surface area contributed by atoms with E-state index in [9.17, 15) is 22.8 Å². The van der Waals surface area contributed by atoms with Crippen LogP contribution in [0.25, 0.3) is 0 Å². The summed E-state index contributed by atoms with van der Waals surface area (Å²) in [4.78, 5) is 21.5. The van der Waals surface area contributed by atoms with E-state index in [4.69, 9.17) is 0 Å². The maximum atomic E-state index is 11.6. The summed E-state index contributed by atoms with van der Waals surface area (Å²) in [6.45, 7) is -1.48. The van der Waals surface area contributed by atoms with E-state index in [2.05, 4.69) is 5.32 Å². The molecular weight excluding hydrogens is 201 g/mol. The molecule has 1 saturated carbocycles. The third-order valence-corrected chi connectivity index (χ3v) is 1.57. The van der Waals surface area contributed by atoms with Gasteiger partial charge < -0.3 is 10.6 Å². The van der Waals surface area contributed by atoms with Gasteiger partial charge in [-0.05, 0) is 12.8 Å². The minimum atomic E-state index is -4.49. The second kappa shape index (κ2) is 3.85. The molecule has 0 unspecified atom stereocenters. The number of nitrogens with one attached hydrogen (secondary N) is 2. The summed E-state index contributed by atoms with van der Waals surface area (Å²) < 4.78 is 34.8. The third kappa shape index (κ3) is 4.11. The molecule has 0 aromatic carbocycles. The highest BCUT2D eigenvalue weighted by Gasteiger charge is 2.31. The molecule has 0 radical (unpaired) electrons. The van der Waals surface area contributed by atoms with Gasteiger partial charge in [-0.3, -0.25) is 9.59 Å². The van der Waals surface area contributed by atoms with Crippen molar-refractivity contribution in [2.45, 2.75) is 25.1 Å². The highest BCUT2D eigenvalue weighted by molar-refractivity contribution is 6.35. The van der Waals surface area contributed by atoms with Crippen molar-refractivity contribution < 1.29 is 22.8 Å². The fourth-order valence-corrected chi connectivity index (χ4v) is 0.739. The first-order chi connectivity index (χ1) is 6.38. The van der Waals surface area contributed by atoms with E-state index in [1.807, 2.05) is 0 Å². The molecule has 0 saturated heterocycles. The number of halogens is 3. The van der Waals surface area contributed by atoms with Crippen molar-refractivity contribution in [1.82, 2.24) is 10.6 Å². The maximum Gasteiger partial charge on any atom is 0.405 e. The SMILES string of the molecule is O=C(NCC(F)(F)F)C(=O)NC1CC1. The number of hydrogen-bond acceptors (Lipinski definition) is 2. The van der Waals surface area contributed by atoms with Crippen LogP contribution in [0.3, 0.4) is 0 Å². The lowest BCUT2D eigenvalue weighted by atomic mass is 10.5. The van der Waals surface area contributed by atoms with E-state index in [1.54, 1.807) is 0 Å². The Balaban J connectivity index is 2.23. The molecule has 1 fully saturated rings. The second-order valence-corrected chi connectivity index (χ2v) is 3.05. The molecular formula is C7H9F3N2O2. The van der Waals surface area contributed by atoms with Gasteiger partial charge in [0.25, 0.3) is 0 Å². The molecule has 0 aliphatic heterocycles. The molecule has 80 valence electrons. The molecule has 7 heteroatoms. The molecule has 0 aromatic rings. The molecule has 0 aromatic heterocycles. The van der Waals surface area contributed by atoms with Crippen LogP contribution in [-0.2, 0) is 9.59 Å². The normalized spacial score (nSPS) is 16.2. The van der Waals surface area contributed by atoms with Crippen molar-refractivity contribution in [3.63, 3.8) is 0 Å². The van der Waals surface area contributed by atoms with Crippen molar-refractivity contribution in [2.24, 2.45) is 0 Å². The molecule has 0 spiro atoms. The summed E-state index contributed by atoms with van der Waals surface area (Å²) in [5, 5.41) is 3.75. The number of hydrogen-bond donors (Lipinski definition) is 2. The van der Waals surface area contributed by atoms with E-state index in [0.29, 0.717) is 0 Å². The quantitative estimate of drug-likeness (QED) is 0.627. The predicted molar refractivity (Wildman–Crippen MR) is 40.2 cm³/mol. The lowest BCUT2D eigenvalue weighted by molar-refractivity contribution is -0.146. The third-order valence-electron chi connectivity index (χ3n) is 1.57. The van der Waals surface area contributed by atoms with Crippen LogP contribution in [0.15, 0.2) is 0 Å². The van der Waals surface area contributed by atoms with Crippen LogP contribution in [0.4, 0.5) is 13.2 Å². The van der Waals surface area contributed by atoms with Crippen LogP contribution in [0, 0.1) is 0 Å². The largest absolute Gasteiger partial charge is 0.405 e.